The number of nitrogens with two attached hydrogens (primary N) is 1. The van der Waals surface area contributed by atoms with E-state index in [2.05, 4.69) is 0 Å². The number of hydrogen-bond acceptors (Lipinski definition) is 7. The first-order chi connectivity index (χ1) is 9.76. The Labute approximate surface area is 121 Å². The second-order valence-electron chi connectivity index (χ2n) is 5.01. The van der Waals surface area contributed by atoms with Crippen molar-refractivity contribution in [1.29, 1.82) is 5.41 Å². The number of nitrogens with zero attached hydrogens (tertiary/aromatic N) is 2. The Kier molecular flexibility index (Phi) is 5.87. The van der Waals surface area contributed by atoms with Crippen molar-refractivity contribution in [3.8, 4) is 0 Å². The monoisotopic (exact) mass is 306 g/mol. The Morgan fingerprint density at radius 2 is 1.57 bits per heavy atom. The third-order valence-corrected chi connectivity index (χ3v) is 3.65. The zero-order valence-corrected chi connectivity index (χ0v) is 11.6. The van der Waals surface area contributed by atoms with E-state index in [1.165, 1.54) is 7.05 Å². The van der Waals surface area contributed by atoms with Gasteiger partial charge in [-0.15, -0.1) is 0 Å². The summed E-state index contributed by atoms with van der Waals surface area (Å²) in [5, 5.41) is 55.3. The number of carbonyl (C=O) groups is 1. The molecule has 0 aromatic rings. The lowest BCUT2D eigenvalue weighted by molar-refractivity contribution is -0.187. The van der Waals surface area contributed by atoms with Crippen LogP contribution in [0.2, 0.25) is 0 Å². The third kappa shape index (κ3) is 3.41. The van der Waals surface area contributed by atoms with Gasteiger partial charge in [0.2, 0.25) is 5.91 Å². The van der Waals surface area contributed by atoms with Gasteiger partial charge in [0, 0.05) is 7.05 Å². The SMILES string of the molecule is CN(CC(=O)N1[C@H](CO)[C@H](O)C(O)[C@H](O)[C@H]1CO)C(=N)N. The van der Waals surface area contributed by atoms with Crippen molar-refractivity contribution < 1.29 is 30.3 Å². The van der Waals surface area contributed by atoms with Gasteiger partial charge in [-0.2, -0.15) is 0 Å². The molecule has 0 saturated carbocycles. The maximum atomic E-state index is 12.3. The molecule has 5 atom stereocenters. The van der Waals surface area contributed by atoms with Crippen LogP contribution in [0.3, 0.4) is 0 Å². The standard InChI is InChI=1S/C11H22N4O6/c1-14(11(12)13)2-7(18)15-5(3-16)8(19)10(21)9(20)6(15)4-17/h5-6,8-10,16-17,19-21H,2-4H2,1H3,(H3,12,13)/t5-,6-,8-,9+,10?/m1/s1. The molecule has 8 N–H and O–H groups in total. The number of carbonyl (C=O) groups excluding carboxylic acids is 1. The Bertz CT molecular complexity index is 377. The quantitative estimate of drug-likeness (QED) is 0.201. The first kappa shape index (κ1) is 17.6. The molecular formula is C11H22N4O6. The summed E-state index contributed by atoms with van der Waals surface area (Å²) < 4.78 is 0. The van der Waals surface area contributed by atoms with Crippen LogP contribution >= 0.6 is 0 Å². The van der Waals surface area contributed by atoms with E-state index < -0.39 is 49.5 Å². The van der Waals surface area contributed by atoms with Crippen molar-refractivity contribution in [3.63, 3.8) is 0 Å². The van der Waals surface area contributed by atoms with Crippen LogP contribution in [0.1, 0.15) is 0 Å². The Balaban J connectivity index is 3.02. The highest BCUT2D eigenvalue weighted by Gasteiger charge is 2.49. The topological polar surface area (TPSA) is 175 Å². The number of aliphatic hydroxyl groups excluding tert-OH is 5. The molecule has 0 aromatic heterocycles. The predicted octanol–water partition coefficient (Wildman–Crippen LogP) is -4.54. The summed E-state index contributed by atoms with van der Waals surface area (Å²) in [6, 6.07) is -2.35. The van der Waals surface area contributed by atoms with Gasteiger partial charge in [-0.05, 0) is 0 Å². The molecule has 1 saturated heterocycles. The summed E-state index contributed by atoms with van der Waals surface area (Å²) >= 11 is 0. The largest absolute Gasteiger partial charge is 0.394 e. The van der Waals surface area contributed by atoms with Crippen molar-refractivity contribution >= 4 is 11.9 Å². The van der Waals surface area contributed by atoms with Crippen LogP contribution in [-0.4, -0.2) is 104 Å². The third-order valence-electron chi connectivity index (χ3n) is 3.65. The second kappa shape index (κ2) is 7.00. The van der Waals surface area contributed by atoms with Crippen molar-refractivity contribution in [2.24, 2.45) is 5.73 Å². The van der Waals surface area contributed by atoms with E-state index in [1.54, 1.807) is 0 Å². The van der Waals surface area contributed by atoms with E-state index in [-0.39, 0.29) is 12.5 Å². The molecule has 1 aliphatic rings. The van der Waals surface area contributed by atoms with Gasteiger partial charge in [0.05, 0.1) is 31.8 Å². The van der Waals surface area contributed by atoms with Gasteiger partial charge in [0.15, 0.2) is 5.96 Å². The fourth-order valence-corrected chi connectivity index (χ4v) is 2.36. The van der Waals surface area contributed by atoms with Gasteiger partial charge in [0.25, 0.3) is 0 Å². The summed E-state index contributed by atoms with van der Waals surface area (Å²) in [5.41, 5.74) is 5.23. The van der Waals surface area contributed by atoms with Gasteiger partial charge in [-0.3, -0.25) is 10.2 Å². The van der Waals surface area contributed by atoms with Crippen LogP contribution in [-0.2, 0) is 4.79 Å². The molecule has 10 heteroatoms. The smallest absolute Gasteiger partial charge is 0.243 e. The minimum Gasteiger partial charge on any atom is -0.394 e. The number of amides is 1. The maximum Gasteiger partial charge on any atom is 0.243 e. The lowest BCUT2D eigenvalue weighted by Crippen LogP contribution is -2.70. The van der Waals surface area contributed by atoms with E-state index >= 15 is 0 Å². The van der Waals surface area contributed by atoms with Crippen LogP contribution in [0.15, 0.2) is 0 Å². The lowest BCUT2D eigenvalue weighted by atomic mass is 9.88. The highest BCUT2D eigenvalue weighted by Crippen LogP contribution is 2.24. The molecule has 0 aliphatic carbocycles. The zero-order valence-electron chi connectivity index (χ0n) is 11.6. The van der Waals surface area contributed by atoms with E-state index in [0.29, 0.717) is 0 Å². The summed E-state index contributed by atoms with van der Waals surface area (Å²) in [6.07, 6.45) is -4.70. The van der Waals surface area contributed by atoms with Gasteiger partial charge in [-0.25, -0.2) is 0 Å². The molecular weight excluding hydrogens is 284 g/mol. The van der Waals surface area contributed by atoms with Gasteiger partial charge in [0.1, 0.15) is 18.3 Å². The number of rotatable bonds is 4. The fourth-order valence-electron chi connectivity index (χ4n) is 2.36. The van der Waals surface area contributed by atoms with Crippen LogP contribution in [0.25, 0.3) is 0 Å². The van der Waals surface area contributed by atoms with Crippen LogP contribution in [0.5, 0.6) is 0 Å². The highest BCUT2D eigenvalue weighted by atomic mass is 16.4. The molecule has 0 aromatic carbocycles. The van der Waals surface area contributed by atoms with E-state index in [9.17, 15) is 30.3 Å². The van der Waals surface area contributed by atoms with E-state index in [1.807, 2.05) is 0 Å². The average molecular weight is 306 g/mol. The number of piperidine rings is 1. The summed E-state index contributed by atoms with van der Waals surface area (Å²) in [7, 11) is 1.40. The summed E-state index contributed by atoms with van der Waals surface area (Å²) in [6.45, 7) is -1.65. The maximum absolute atomic E-state index is 12.3. The lowest BCUT2D eigenvalue weighted by Gasteiger charge is -2.48. The molecule has 1 amide bonds. The molecule has 1 heterocycles. The molecule has 10 nitrogen and oxygen atoms in total. The molecule has 122 valence electrons. The molecule has 21 heavy (non-hydrogen) atoms. The molecule has 0 radical (unpaired) electrons. The van der Waals surface area contributed by atoms with Crippen LogP contribution in [0, 0.1) is 5.41 Å². The van der Waals surface area contributed by atoms with E-state index in [0.717, 1.165) is 9.80 Å². The number of likely N-dealkylation sites (N-methyl/N-ethyl adjacent to an activating group) is 1. The minimum absolute atomic E-state index is 0.335. The number of likely N-dealkylation sites (tertiary alicyclic amines) is 1. The van der Waals surface area contributed by atoms with Crippen molar-refractivity contribution in [2.75, 3.05) is 26.8 Å². The number of hydrogen-bond donors (Lipinski definition) is 7. The Morgan fingerprint density at radius 3 is 1.90 bits per heavy atom. The van der Waals surface area contributed by atoms with Crippen LogP contribution in [0.4, 0.5) is 0 Å². The zero-order chi connectivity index (χ0) is 16.3. The summed E-state index contributed by atoms with van der Waals surface area (Å²) in [4.78, 5) is 14.3. The van der Waals surface area contributed by atoms with Gasteiger partial charge < -0.3 is 41.1 Å². The predicted molar refractivity (Wildman–Crippen MR) is 71.2 cm³/mol. The average Bonchev–Trinajstić information content (AvgIpc) is 2.44. The first-order valence-corrected chi connectivity index (χ1v) is 6.38. The molecule has 1 fully saturated rings. The number of aliphatic hydroxyl groups is 5. The van der Waals surface area contributed by atoms with Crippen molar-refractivity contribution in [2.45, 2.75) is 30.4 Å². The minimum atomic E-state index is -1.59. The van der Waals surface area contributed by atoms with E-state index in [4.69, 9.17) is 11.1 Å². The number of nitrogens with one attached hydrogen (secondary N) is 1. The van der Waals surface area contributed by atoms with Gasteiger partial charge >= 0.3 is 0 Å². The summed E-state index contributed by atoms with van der Waals surface area (Å²) in [5.74, 6) is -1.02. The number of guanidine groups is 1. The van der Waals surface area contributed by atoms with Gasteiger partial charge in [-0.1, -0.05) is 0 Å². The Morgan fingerprint density at radius 1 is 1.14 bits per heavy atom. The highest BCUT2D eigenvalue weighted by molar-refractivity contribution is 5.84. The van der Waals surface area contributed by atoms with Crippen molar-refractivity contribution in [3.05, 3.63) is 0 Å². The second-order valence-corrected chi connectivity index (χ2v) is 5.01. The fraction of sp³-hybridized carbons (Fsp3) is 0.818. The first-order valence-electron chi connectivity index (χ1n) is 6.38. The molecule has 1 unspecified atom stereocenters. The molecule has 1 aliphatic heterocycles. The molecule has 0 bridgehead atoms. The molecule has 0 spiro atoms. The normalized spacial score (nSPS) is 32.9. The van der Waals surface area contributed by atoms with Crippen molar-refractivity contribution in [1.82, 2.24) is 9.80 Å². The molecule has 1 rings (SSSR count). The van der Waals surface area contributed by atoms with Crippen LogP contribution < -0.4 is 5.73 Å². The Hall–Kier alpha value is -1.46.